The SMILES string of the molecule is CC#CCC(N)CCc1ccccn1. The first-order valence-corrected chi connectivity index (χ1v) is 4.88. The van der Waals surface area contributed by atoms with Gasteiger partial charge in [-0.05, 0) is 31.9 Å². The van der Waals surface area contributed by atoms with Gasteiger partial charge in [0, 0.05) is 24.4 Å². The van der Waals surface area contributed by atoms with Gasteiger partial charge in [-0.2, -0.15) is 0 Å². The van der Waals surface area contributed by atoms with Gasteiger partial charge in [-0.1, -0.05) is 6.07 Å². The molecular weight excluding hydrogens is 172 g/mol. The Balaban J connectivity index is 2.29. The van der Waals surface area contributed by atoms with Crippen LogP contribution in [0.1, 0.15) is 25.5 Å². The first-order valence-electron chi connectivity index (χ1n) is 4.88. The Morgan fingerprint density at radius 2 is 2.36 bits per heavy atom. The van der Waals surface area contributed by atoms with Crippen molar-refractivity contribution in [3.8, 4) is 11.8 Å². The van der Waals surface area contributed by atoms with E-state index in [2.05, 4.69) is 16.8 Å². The maximum absolute atomic E-state index is 5.88. The Labute approximate surface area is 85.5 Å². The van der Waals surface area contributed by atoms with Gasteiger partial charge in [-0.15, -0.1) is 11.8 Å². The van der Waals surface area contributed by atoms with Crippen molar-refractivity contribution in [1.82, 2.24) is 4.98 Å². The molecule has 74 valence electrons. The number of hydrogen-bond donors (Lipinski definition) is 1. The predicted octanol–water partition coefficient (Wildman–Crippen LogP) is 1.75. The summed E-state index contributed by atoms with van der Waals surface area (Å²) in [5.41, 5.74) is 6.98. The predicted molar refractivity (Wildman–Crippen MR) is 58.6 cm³/mol. The summed E-state index contributed by atoms with van der Waals surface area (Å²) in [6.07, 6.45) is 4.48. The lowest BCUT2D eigenvalue weighted by Gasteiger charge is -2.06. The van der Waals surface area contributed by atoms with Crippen LogP contribution in [0.3, 0.4) is 0 Å². The minimum atomic E-state index is 0.171. The van der Waals surface area contributed by atoms with Crippen molar-refractivity contribution in [3.63, 3.8) is 0 Å². The van der Waals surface area contributed by atoms with Gasteiger partial charge < -0.3 is 5.73 Å². The molecule has 0 aliphatic carbocycles. The van der Waals surface area contributed by atoms with E-state index in [0.29, 0.717) is 0 Å². The van der Waals surface area contributed by atoms with Crippen LogP contribution in [-0.2, 0) is 6.42 Å². The van der Waals surface area contributed by atoms with Crippen LogP contribution in [0.5, 0.6) is 0 Å². The van der Waals surface area contributed by atoms with Crippen molar-refractivity contribution >= 4 is 0 Å². The molecule has 2 N–H and O–H groups in total. The van der Waals surface area contributed by atoms with Crippen molar-refractivity contribution in [1.29, 1.82) is 0 Å². The highest BCUT2D eigenvalue weighted by Crippen LogP contribution is 2.02. The van der Waals surface area contributed by atoms with Crippen LogP contribution in [-0.4, -0.2) is 11.0 Å². The van der Waals surface area contributed by atoms with E-state index < -0.39 is 0 Å². The zero-order valence-electron chi connectivity index (χ0n) is 8.53. The van der Waals surface area contributed by atoms with E-state index in [0.717, 1.165) is 25.0 Å². The number of aryl methyl sites for hydroxylation is 1. The lowest BCUT2D eigenvalue weighted by atomic mass is 10.1. The molecule has 1 heterocycles. The molecule has 1 atom stereocenters. The third-order valence-corrected chi connectivity index (χ3v) is 2.04. The lowest BCUT2D eigenvalue weighted by molar-refractivity contribution is 0.622. The third kappa shape index (κ3) is 4.06. The van der Waals surface area contributed by atoms with Crippen molar-refractivity contribution < 1.29 is 0 Å². The highest BCUT2D eigenvalue weighted by Gasteiger charge is 2.01. The van der Waals surface area contributed by atoms with Gasteiger partial charge >= 0.3 is 0 Å². The highest BCUT2D eigenvalue weighted by atomic mass is 14.7. The quantitative estimate of drug-likeness (QED) is 0.731. The first kappa shape index (κ1) is 10.7. The fourth-order valence-corrected chi connectivity index (χ4v) is 1.21. The van der Waals surface area contributed by atoms with Crippen LogP contribution >= 0.6 is 0 Å². The van der Waals surface area contributed by atoms with E-state index >= 15 is 0 Å². The molecule has 1 aromatic rings. The summed E-state index contributed by atoms with van der Waals surface area (Å²) in [4.78, 5) is 4.24. The molecule has 1 rings (SSSR count). The van der Waals surface area contributed by atoms with Crippen molar-refractivity contribution in [2.45, 2.75) is 32.2 Å². The van der Waals surface area contributed by atoms with E-state index in [1.165, 1.54) is 0 Å². The fraction of sp³-hybridized carbons (Fsp3) is 0.417. The summed E-state index contributed by atoms with van der Waals surface area (Å²) in [5, 5.41) is 0. The molecule has 0 saturated carbocycles. The molecule has 1 unspecified atom stereocenters. The average Bonchev–Trinajstić information content (AvgIpc) is 2.25. The molecule has 14 heavy (non-hydrogen) atoms. The van der Waals surface area contributed by atoms with E-state index in [4.69, 9.17) is 5.73 Å². The first-order chi connectivity index (χ1) is 6.83. The van der Waals surface area contributed by atoms with E-state index in [1.807, 2.05) is 31.3 Å². The second-order valence-electron chi connectivity index (χ2n) is 3.25. The standard InChI is InChI=1S/C12H16N2/c1-2-3-6-11(13)8-9-12-7-4-5-10-14-12/h4-5,7,10-11H,6,8-9,13H2,1H3. The van der Waals surface area contributed by atoms with Crippen molar-refractivity contribution in [3.05, 3.63) is 30.1 Å². The fourth-order valence-electron chi connectivity index (χ4n) is 1.21. The number of aromatic nitrogens is 1. The zero-order valence-corrected chi connectivity index (χ0v) is 8.53. The van der Waals surface area contributed by atoms with Gasteiger partial charge in [-0.25, -0.2) is 0 Å². The topological polar surface area (TPSA) is 38.9 Å². The minimum absolute atomic E-state index is 0.171. The summed E-state index contributed by atoms with van der Waals surface area (Å²) >= 11 is 0. The van der Waals surface area contributed by atoms with Gasteiger partial charge in [0.25, 0.3) is 0 Å². The molecule has 0 bridgehead atoms. The summed E-state index contributed by atoms with van der Waals surface area (Å²) < 4.78 is 0. The molecular formula is C12H16N2. The van der Waals surface area contributed by atoms with Crippen LogP contribution in [0.2, 0.25) is 0 Å². The Hall–Kier alpha value is -1.33. The van der Waals surface area contributed by atoms with E-state index in [9.17, 15) is 0 Å². The molecule has 0 radical (unpaired) electrons. The summed E-state index contributed by atoms with van der Waals surface area (Å²) in [7, 11) is 0. The molecule has 0 fully saturated rings. The highest BCUT2D eigenvalue weighted by molar-refractivity contribution is 5.04. The number of nitrogens with two attached hydrogens (primary N) is 1. The normalized spacial score (nSPS) is 11.6. The minimum Gasteiger partial charge on any atom is -0.327 e. The van der Waals surface area contributed by atoms with Crippen LogP contribution in [0.4, 0.5) is 0 Å². The summed E-state index contributed by atoms with van der Waals surface area (Å²) in [5.74, 6) is 5.84. The van der Waals surface area contributed by atoms with E-state index in [1.54, 1.807) is 0 Å². The Kier molecular flexibility index (Phi) is 4.74. The van der Waals surface area contributed by atoms with Gasteiger partial charge in [0.2, 0.25) is 0 Å². The van der Waals surface area contributed by atoms with E-state index in [-0.39, 0.29) is 6.04 Å². The molecule has 2 heteroatoms. The number of nitrogens with zero attached hydrogens (tertiary/aromatic N) is 1. The molecule has 1 aromatic heterocycles. The molecule has 0 aromatic carbocycles. The monoisotopic (exact) mass is 188 g/mol. The molecule has 0 spiro atoms. The van der Waals surface area contributed by atoms with Crippen molar-refractivity contribution in [2.24, 2.45) is 5.73 Å². The third-order valence-electron chi connectivity index (χ3n) is 2.04. The maximum Gasteiger partial charge on any atom is 0.0404 e. The molecule has 2 nitrogen and oxygen atoms in total. The zero-order chi connectivity index (χ0) is 10.2. The molecule has 0 amide bonds. The second-order valence-corrected chi connectivity index (χ2v) is 3.25. The number of pyridine rings is 1. The Bertz CT molecular complexity index is 308. The Morgan fingerprint density at radius 1 is 1.50 bits per heavy atom. The van der Waals surface area contributed by atoms with Crippen molar-refractivity contribution in [2.75, 3.05) is 0 Å². The smallest absolute Gasteiger partial charge is 0.0404 e. The molecule has 0 aliphatic heterocycles. The van der Waals surface area contributed by atoms with Crippen LogP contribution in [0.15, 0.2) is 24.4 Å². The Morgan fingerprint density at radius 3 is 3.00 bits per heavy atom. The average molecular weight is 188 g/mol. The maximum atomic E-state index is 5.88. The number of rotatable bonds is 4. The van der Waals surface area contributed by atoms with Crippen LogP contribution in [0, 0.1) is 11.8 Å². The summed E-state index contributed by atoms with van der Waals surface area (Å²) in [6.45, 7) is 1.84. The number of hydrogen-bond acceptors (Lipinski definition) is 2. The molecule has 0 aliphatic rings. The second kappa shape index (κ2) is 6.17. The molecule has 0 saturated heterocycles. The van der Waals surface area contributed by atoms with Gasteiger partial charge in [0.05, 0.1) is 0 Å². The van der Waals surface area contributed by atoms with Gasteiger partial charge in [0.1, 0.15) is 0 Å². The van der Waals surface area contributed by atoms with Gasteiger partial charge in [-0.3, -0.25) is 4.98 Å². The van der Waals surface area contributed by atoms with Crippen LogP contribution < -0.4 is 5.73 Å². The lowest BCUT2D eigenvalue weighted by Crippen LogP contribution is -2.19. The largest absolute Gasteiger partial charge is 0.327 e. The summed E-state index contributed by atoms with van der Waals surface area (Å²) in [6, 6.07) is 6.12. The van der Waals surface area contributed by atoms with Crippen LogP contribution in [0.25, 0.3) is 0 Å². The van der Waals surface area contributed by atoms with Gasteiger partial charge in [0.15, 0.2) is 0 Å².